The van der Waals surface area contributed by atoms with Gasteiger partial charge in [0.05, 0.1) is 17.2 Å². The molecule has 3 aromatic carbocycles. The lowest BCUT2D eigenvalue weighted by Crippen LogP contribution is -2.16. The Bertz CT molecular complexity index is 1060. The molecule has 142 valence electrons. The van der Waals surface area contributed by atoms with Gasteiger partial charge in [-0.1, -0.05) is 50.2 Å². The Balaban J connectivity index is 2.14. The van der Waals surface area contributed by atoms with Crippen LogP contribution in [0.15, 0.2) is 59.5 Å². The van der Waals surface area contributed by atoms with Gasteiger partial charge in [-0.3, -0.25) is 4.72 Å². The van der Waals surface area contributed by atoms with E-state index in [0.29, 0.717) is 29.4 Å². The Labute approximate surface area is 161 Å². The molecule has 1 N–H and O–H groups in total. The third-order valence-corrected chi connectivity index (χ3v) is 6.10. The van der Waals surface area contributed by atoms with E-state index in [9.17, 15) is 8.42 Å². The summed E-state index contributed by atoms with van der Waals surface area (Å²) >= 11 is 0. The fourth-order valence-electron chi connectivity index (χ4n) is 3.45. The standard InChI is InChI=1S/C22H25NO3S/c1-4-16-10-9-11-17-14-15-21(18(5-2)22(16)17)27(24,25)23-19-12-7-8-13-20(19)26-6-3/h7-15,23H,4-6H2,1-3H3. The summed E-state index contributed by atoms with van der Waals surface area (Å²) in [4.78, 5) is 0.324. The predicted molar refractivity (Wildman–Crippen MR) is 111 cm³/mol. The van der Waals surface area contributed by atoms with E-state index in [1.165, 1.54) is 0 Å². The van der Waals surface area contributed by atoms with Crippen LogP contribution < -0.4 is 9.46 Å². The largest absolute Gasteiger partial charge is 0.492 e. The van der Waals surface area contributed by atoms with Crippen LogP contribution in [0.1, 0.15) is 31.9 Å². The smallest absolute Gasteiger partial charge is 0.262 e. The maximum Gasteiger partial charge on any atom is 0.262 e. The van der Waals surface area contributed by atoms with E-state index < -0.39 is 10.0 Å². The quantitative estimate of drug-likeness (QED) is 0.613. The Kier molecular flexibility index (Phi) is 5.71. The van der Waals surface area contributed by atoms with E-state index in [1.54, 1.807) is 24.3 Å². The van der Waals surface area contributed by atoms with Crippen molar-refractivity contribution in [1.29, 1.82) is 0 Å². The highest BCUT2D eigenvalue weighted by molar-refractivity contribution is 7.92. The fraction of sp³-hybridized carbons (Fsp3) is 0.273. The molecule has 0 heterocycles. The van der Waals surface area contributed by atoms with Crippen LogP contribution >= 0.6 is 0 Å². The monoisotopic (exact) mass is 383 g/mol. The summed E-state index contributed by atoms with van der Waals surface area (Å²) in [7, 11) is -3.74. The first kappa shape index (κ1) is 19.2. The molecule has 27 heavy (non-hydrogen) atoms. The second-order valence-electron chi connectivity index (χ2n) is 6.30. The summed E-state index contributed by atoms with van der Waals surface area (Å²) in [6, 6.07) is 16.8. The summed E-state index contributed by atoms with van der Waals surface area (Å²) in [6.07, 6.45) is 1.49. The van der Waals surface area contributed by atoms with Crippen LogP contribution in [0.2, 0.25) is 0 Å². The summed E-state index contributed by atoms with van der Waals surface area (Å²) < 4.78 is 34.7. The average molecular weight is 384 g/mol. The van der Waals surface area contributed by atoms with Gasteiger partial charge in [-0.05, 0) is 59.9 Å². The number of hydrogen-bond acceptors (Lipinski definition) is 3. The van der Waals surface area contributed by atoms with Crippen molar-refractivity contribution in [2.45, 2.75) is 38.5 Å². The minimum Gasteiger partial charge on any atom is -0.492 e. The van der Waals surface area contributed by atoms with Crippen molar-refractivity contribution in [2.75, 3.05) is 11.3 Å². The van der Waals surface area contributed by atoms with Crippen molar-refractivity contribution >= 4 is 26.5 Å². The van der Waals surface area contributed by atoms with Gasteiger partial charge in [0.1, 0.15) is 5.75 Å². The Morgan fingerprint density at radius 3 is 2.37 bits per heavy atom. The van der Waals surface area contributed by atoms with Crippen LogP contribution in [0.3, 0.4) is 0 Å². The molecular weight excluding hydrogens is 358 g/mol. The zero-order valence-electron chi connectivity index (χ0n) is 16.0. The molecule has 0 aliphatic rings. The van der Waals surface area contributed by atoms with Crippen molar-refractivity contribution in [3.05, 3.63) is 65.7 Å². The summed E-state index contributed by atoms with van der Waals surface area (Å²) in [6.45, 7) is 6.42. The molecule has 3 aromatic rings. The number of aryl methyl sites for hydroxylation is 2. The first-order chi connectivity index (χ1) is 13.0. The van der Waals surface area contributed by atoms with Crippen LogP contribution in [-0.2, 0) is 22.9 Å². The van der Waals surface area contributed by atoms with Crippen molar-refractivity contribution in [1.82, 2.24) is 0 Å². The molecular formula is C22H25NO3S. The normalized spacial score (nSPS) is 11.5. The maximum absolute atomic E-state index is 13.2. The number of hydrogen-bond donors (Lipinski definition) is 1. The van der Waals surface area contributed by atoms with Gasteiger partial charge >= 0.3 is 0 Å². The number of para-hydroxylation sites is 2. The van der Waals surface area contributed by atoms with Crippen LogP contribution in [-0.4, -0.2) is 15.0 Å². The number of fused-ring (bicyclic) bond motifs is 1. The lowest BCUT2D eigenvalue weighted by Gasteiger charge is -2.17. The lowest BCUT2D eigenvalue weighted by atomic mass is 9.96. The minimum absolute atomic E-state index is 0.324. The highest BCUT2D eigenvalue weighted by atomic mass is 32.2. The molecule has 0 radical (unpaired) electrons. The third-order valence-electron chi connectivity index (χ3n) is 4.65. The third kappa shape index (κ3) is 3.78. The number of benzene rings is 3. The lowest BCUT2D eigenvalue weighted by molar-refractivity contribution is 0.342. The maximum atomic E-state index is 13.2. The number of anilines is 1. The van der Waals surface area contributed by atoms with E-state index in [2.05, 4.69) is 17.7 Å². The van der Waals surface area contributed by atoms with Gasteiger partial charge in [0, 0.05) is 0 Å². The van der Waals surface area contributed by atoms with Gasteiger partial charge < -0.3 is 4.74 Å². The first-order valence-corrected chi connectivity index (χ1v) is 10.8. The van der Waals surface area contributed by atoms with Crippen LogP contribution in [0.5, 0.6) is 5.75 Å². The summed E-state index contributed by atoms with van der Waals surface area (Å²) in [5.41, 5.74) is 2.47. The molecule has 0 spiro atoms. The highest BCUT2D eigenvalue weighted by Gasteiger charge is 2.22. The molecule has 0 unspecified atom stereocenters. The zero-order chi connectivity index (χ0) is 19.4. The minimum atomic E-state index is -3.74. The molecule has 0 aliphatic heterocycles. The SMILES string of the molecule is CCOc1ccccc1NS(=O)(=O)c1ccc2cccc(CC)c2c1CC. The number of sulfonamides is 1. The molecule has 0 saturated carbocycles. The first-order valence-electron chi connectivity index (χ1n) is 9.29. The molecule has 0 amide bonds. The Morgan fingerprint density at radius 2 is 1.67 bits per heavy atom. The molecule has 0 aromatic heterocycles. The Hall–Kier alpha value is -2.53. The van der Waals surface area contributed by atoms with E-state index in [0.717, 1.165) is 28.3 Å². The zero-order valence-corrected chi connectivity index (χ0v) is 16.8. The number of nitrogens with one attached hydrogen (secondary N) is 1. The second-order valence-corrected chi connectivity index (χ2v) is 7.95. The topological polar surface area (TPSA) is 55.4 Å². The van der Waals surface area contributed by atoms with Crippen LogP contribution in [0.25, 0.3) is 10.8 Å². The summed E-state index contributed by atoms with van der Waals surface area (Å²) in [5, 5.41) is 2.11. The molecule has 0 bridgehead atoms. The molecule has 0 fully saturated rings. The van der Waals surface area contributed by atoms with Crippen LogP contribution in [0, 0.1) is 0 Å². The molecule has 5 heteroatoms. The van der Waals surface area contributed by atoms with E-state index in [-0.39, 0.29) is 0 Å². The van der Waals surface area contributed by atoms with Crippen molar-refractivity contribution in [2.24, 2.45) is 0 Å². The molecule has 0 atom stereocenters. The van der Waals surface area contributed by atoms with Gasteiger partial charge in [-0.25, -0.2) is 8.42 Å². The van der Waals surface area contributed by atoms with Crippen molar-refractivity contribution in [3.63, 3.8) is 0 Å². The van der Waals surface area contributed by atoms with Gasteiger partial charge in [0.2, 0.25) is 0 Å². The number of rotatable bonds is 7. The van der Waals surface area contributed by atoms with Crippen LogP contribution in [0.4, 0.5) is 5.69 Å². The van der Waals surface area contributed by atoms with Crippen molar-refractivity contribution < 1.29 is 13.2 Å². The van der Waals surface area contributed by atoms with E-state index in [4.69, 9.17) is 4.74 Å². The van der Waals surface area contributed by atoms with Gasteiger partial charge in [0.25, 0.3) is 10.0 Å². The Morgan fingerprint density at radius 1 is 0.889 bits per heavy atom. The van der Waals surface area contributed by atoms with Gasteiger partial charge in [-0.2, -0.15) is 0 Å². The number of ether oxygens (including phenoxy) is 1. The second kappa shape index (κ2) is 8.01. The molecule has 3 rings (SSSR count). The molecule has 4 nitrogen and oxygen atoms in total. The van der Waals surface area contributed by atoms with Gasteiger partial charge in [0.15, 0.2) is 0 Å². The summed E-state index contributed by atoms with van der Waals surface area (Å²) in [5.74, 6) is 0.525. The fourth-order valence-corrected chi connectivity index (χ4v) is 4.83. The van der Waals surface area contributed by atoms with Gasteiger partial charge in [-0.15, -0.1) is 0 Å². The highest BCUT2D eigenvalue weighted by Crippen LogP contribution is 2.32. The molecule has 0 aliphatic carbocycles. The average Bonchev–Trinajstić information content (AvgIpc) is 2.68. The molecule has 0 saturated heterocycles. The van der Waals surface area contributed by atoms with E-state index in [1.807, 2.05) is 38.1 Å². The van der Waals surface area contributed by atoms with Crippen molar-refractivity contribution in [3.8, 4) is 5.75 Å². The van der Waals surface area contributed by atoms with E-state index >= 15 is 0 Å². The predicted octanol–water partition coefficient (Wildman–Crippen LogP) is 5.16.